The highest BCUT2D eigenvalue weighted by molar-refractivity contribution is 6.09. The van der Waals surface area contributed by atoms with Crippen molar-refractivity contribution in [2.75, 3.05) is 17.3 Å². The number of amides is 2. The van der Waals surface area contributed by atoms with Crippen molar-refractivity contribution in [1.29, 1.82) is 0 Å². The molecule has 3 aromatic rings. The van der Waals surface area contributed by atoms with Crippen molar-refractivity contribution in [3.63, 3.8) is 0 Å². The number of carbonyl (C=O) groups excluding carboxylic acids is 2. The number of nitrogens with zero attached hydrogens (tertiary/aromatic N) is 1. The van der Waals surface area contributed by atoms with E-state index in [9.17, 15) is 14.0 Å². The van der Waals surface area contributed by atoms with Gasteiger partial charge in [-0.2, -0.15) is 0 Å². The highest BCUT2D eigenvalue weighted by Gasteiger charge is 2.15. The quantitative estimate of drug-likeness (QED) is 0.762. The summed E-state index contributed by atoms with van der Waals surface area (Å²) in [5.41, 5.74) is 2.00. The van der Waals surface area contributed by atoms with Gasteiger partial charge in [0, 0.05) is 29.5 Å². The van der Waals surface area contributed by atoms with Gasteiger partial charge in [0.05, 0.1) is 0 Å². The van der Waals surface area contributed by atoms with Crippen LogP contribution in [0.15, 0.2) is 78.9 Å². The van der Waals surface area contributed by atoms with Crippen molar-refractivity contribution >= 4 is 23.2 Å². The van der Waals surface area contributed by atoms with Crippen LogP contribution in [0.3, 0.4) is 0 Å². The van der Waals surface area contributed by atoms with Crippen molar-refractivity contribution < 1.29 is 14.0 Å². The van der Waals surface area contributed by atoms with E-state index in [4.69, 9.17) is 0 Å². The molecule has 0 aliphatic heterocycles. The van der Waals surface area contributed by atoms with E-state index < -0.39 is 0 Å². The topological polar surface area (TPSA) is 49.4 Å². The first-order valence-corrected chi connectivity index (χ1v) is 8.05. The second-order valence-electron chi connectivity index (χ2n) is 5.74. The standard InChI is InChI=1S/C21H17FN2O2/c1-24(19-8-3-2-4-9-19)21(26)16-7-5-6-15(14-16)20(25)23-18-12-10-17(22)11-13-18/h2-14H,1H3,(H,23,25). The molecular weight excluding hydrogens is 331 g/mol. The molecule has 2 amide bonds. The molecule has 0 fully saturated rings. The van der Waals surface area contributed by atoms with Crippen LogP contribution in [0.1, 0.15) is 20.7 Å². The third-order valence-corrected chi connectivity index (χ3v) is 3.92. The largest absolute Gasteiger partial charge is 0.322 e. The van der Waals surface area contributed by atoms with Gasteiger partial charge in [-0.1, -0.05) is 24.3 Å². The van der Waals surface area contributed by atoms with Gasteiger partial charge in [0.1, 0.15) is 5.82 Å². The first kappa shape index (κ1) is 17.4. The fourth-order valence-electron chi connectivity index (χ4n) is 2.49. The molecule has 130 valence electrons. The Morgan fingerprint density at radius 2 is 1.50 bits per heavy atom. The number of hydrogen-bond acceptors (Lipinski definition) is 2. The zero-order valence-corrected chi connectivity index (χ0v) is 14.1. The number of halogens is 1. The van der Waals surface area contributed by atoms with Gasteiger partial charge < -0.3 is 10.2 Å². The Morgan fingerprint density at radius 3 is 2.19 bits per heavy atom. The first-order valence-electron chi connectivity index (χ1n) is 8.05. The highest BCUT2D eigenvalue weighted by Crippen LogP contribution is 2.17. The minimum atomic E-state index is -0.375. The smallest absolute Gasteiger partial charge is 0.258 e. The Labute approximate surface area is 150 Å². The van der Waals surface area contributed by atoms with Gasteiger partial charge in [-0.15, -0.1) is 0 Å². The average molecular weight is 348 g/mol. The fourth-order valence-corrected chi connectivity index (χ4v) is 2.49. The Bertz CT molecular complexity index is 924. The molecule has 0 atom stereocenters. The molecule has 26 heavy (non-hydrogen) atoms. The molecule has 3 aromatic carbocycles. The Balaban J connectivity index is 1.78. The molecule has 5 heteroatoms. The lowest BCUT2D eigenvalue weighted by Gasteiger charge is -2.17. The molecule has 0 aromatic heterocycles. The minimum absolute atomic E-state index is 0.215. The second kappa shape index (κ2) is 7.61. The molecule has 0 bridgehead atoms. The van der Waals surface area contributed by atoms with Crippen molar-refractivity contribution in [1.82, 2.24) is 0 Å². The van der Waals surface area contributed by atoms with Crippen molar-refractivity contribution in [3.05, 3.63) is 95.8 Å². The van der Waals surface area contributed by atoms with Crippen LogP contribution in [0.2, 0.25) is 0 Å². The number of rotatable bonds is 4. The summed E-state index contributed by atoms with van der Waals surface area (Å²) in [5.74, 6) is -0.958. The van der Waals surface area contributed by atoms with Gasteiger partial charge in [-0.05, 0) is 54.6 Å². The molecule has 0 saturated carbocycles. The van der Waals surface area contributed by atoms with Crippen LogP contribution in [0.4, 0.5) is 15.8 Å². The minimum Gasteiger partial charge on any atom is -0.322 e. The van der Waals surface area contributed by atoms with Gasteiger partial charge in [-0.25, -0.2) is 4.39 Å². The molecule has 4 nitrogen and oxygen atoms in total. The second-order valence-corrected chi connectivity index (χ2v) is 5.74. The first-order chi connectivity index (χ1) is 12.5. The summed E-state index contributed by atoms with van der Waals surface area (Å²) in [4.78, 5) is 26.6. The van der Waals surface area contributed by atoms with Gasteiger partial charge in [0.2, 0.25) is 0 Å². The summed E-state index contributed by atoms with van der Waals surface area (Å²) in [7, 11) is 1.68. The monoisotopic (exact) mass is 348 g/mol. The maximum atomic E-state index is 12.9. The molecule has 0 unspecified atom stereocenters. The molecule has 0 spiro atoms. The molecule has 0 aliphatic rings. The number of carbonyl (C=O) groups is 2. The molecule has 0 aliphatic carbocycles. The number of nitrogens with one attached hydrogen (secondary N) is 1. The third-order valence-electron chi connectivity index (χ3n) is 3.92. The fraction of sp³-hybridized carbons (Fsp3) is 0.0476. The number of para-hydroxylation sites is 1. The number of benzene rings is 3. The zero-order valence-electron chi connectivity index (χ0n) is 14.1. The van der Waals surface area contributed by atoms with E-state index in [2.05, 4.69) is 5.32 Å². The third kappa shape index (κ3) is 3.95. The lowest BCUT2D eigenvalue weighted by molar-refractivity contribution is 0.0993. The molecular formula is C21H17FN2O2. The highest BCUT2D eigenvalue weighted by atomic mass is 19.1. The van der Waals surface area contributed by atoms with E-state index >= 15 is 0 Å². The SMILES string of the molecule is CN(C(=O)c1cccc(C(=O)Nc2ccc(F)cc2)c1)c1ccccc1. The maximum absolute atomic E-state index is 12.9. The van der Waals surface area contributed by atoms with Crippen LogP contribution < -0.4 is 10.2 Å². The van der Waals surface area contributed by atoms with Crippen molar-refractivity contribution in [2.45, 2.75) is 0 Å². The summed E-state index contributed by atoms with van der Waals surface area (Å²) >= 11 is 0. The maximum Gasteiger partial charge on any atom is 0.258 e. The molecule has 3 rings (SSSR count). The van der Waals surface area contributed by atoms with E-state index in [1.807, 2.05) is 30.3 Å². The van der Waals surface area contributed by atoms with Crippen molar-refractivity contribution in [2.24, 2.45) is 0 Å². The van der Waals surface area contributed by atoms with E-state index in [-0.39, 0.29) is 17.6 Å². The summed E-state index contributed by atoms with van der Waals surface area (Å²) in [5, 5.41) is 2.68. The molecule has 1 N–H and O–H groups in total. The van der Waals surface area contributed by atoms with Crippen LogP contribution in [0.5, 0.6) is 0 Å². The molecule has 0 radical (unpaired) electrons. The zero-order chi connectivity index (χ0) is 18.5. The Morgan fingerprint density at radius 1 is 0.846 bits per heavy atom. The van der Waals surface area contributed by atoms with Gasteiger partial charge in [0.15, 0.2) is 0 Å². The van der Waals surface area contributed by atoms with E-state index in [1.54, 1.807) is 31.3 Å². The van der Waals surface area contributed by atoms with Crippen LogP contribution in [-0.2, 0) is 0 Å². The lowest BCUT2D eigenvalue weighted by Crippen LogP contribution is -2.26. The lowest BCUT2D eigenvalue weighted by atomic mass is 10.1. The normalized spacial score (nSPS) is 10.2. The van der Waals surface area contributed by atoms with Crippen LogP contribution >= 0.6 is 0 Å². The number of anilines is 2. The summed E-state index contributed by atoms with van der Waals surface area (Å²) in [6.45, 7) is 0. The predicted molar refractivity (Wildman–Crippen MR) is 100.0 cm³/mol. The number of hydrogen-bond donors (Lipinski definition) is 1. The molecule has 0 saturated heterocycles. The van der Waals surface area contributed by atoms with Gasteiger partial charge >= 0.3 is 0 Å². The van der Waals surface area contributed by atoms with E-state index in [0.29, 0.717) is 16.8 Å². The van der Waals surface area contributed by atoms with Crippen LogP contribution in [0, 0.1) is 5.82 Å². The van der Waals surface area contributed by atoms with Crippen LogP contribution in [-0.4, -0.2) is 18.9 Å². The Kier molecular flexibility index (Phi) is 5.08. The molecule has 0 heterocycles. The van der Waals surface area contributed by atoms with Gasteiger partial charge in [0.25, 0.3) is 11.8 Å². The summed E-state index contributed by atoms with van der Waals surface area (Å²) in [6, 6.07) is 21.2. The average Bonchev–Trinajstić information content (AvgIpc) is 2.69. The Hall–Kier alpha value is -3.47. The van der Waals surface area contributed by atoms with E-state index in [0.717, 1.165) is 5.69 Å². The predicted octanol–water partition coefficient (Wildman–Crippen LogP) is 4.35. The van der Waals surface area contributed by atoms with E-state index in [1.165, 1.54) is 29.2 Å². The summed E-state index contributed by atoms with van der Waals surface area (Å²) < 4.78 is 12.9. The van der Waals surface area contributed by atoms with Crippen LogP contribution in [0.25, 0.3) is 0 Å². The van der Waals surface area contributed by atoms with Gasteiger partial charge in [-0.3, -0.25) is 9.59 Å². The summed E-state index contributed by atoms with van der Waals surface area (Å²) in [6.07, 6.45) is 0. The van der Waals surface area contributed by atoms with Crippen molar-refractivity contribution in [3.8, 4) is 0 Å².